The fraction of sp³-hybridized carbons (Fsp3) is 0.579. The van der Waals surface area contributed by atoms with Crippen molar-refractivity contribution in [2.45, 2.75) is 44.2 Å². The highest BCUT2D eigenvalue weighted by Crippen LogP contribution is 2.37. The van der Waals surface area contributed by atoms with Crippen molar-refractivity contribution in [2.75, 3.05) is 20.2 Å². The monoisotopic (exact) mass is 342 g/mol. The number of benzene rings is 1. The van der Waals surface area contributed by atoms with Crippen LogP contribution in [0.2, 0.25) is 0 Å². The first-order valence-electron chi connectivity index (χ1n) is 9.16. The maximum atomic E-state index is 12.3. The normalized spacial score (nSPS) is 19.3. The number of ether oxygens (including phenoxy) is 1. The predicted molar refractivity (Wildman–Crippen MR) is 96.0 cm³/mol. The highest BCUT2D eigenvalue weighted by atomic mass is 16.5. The quantitative estimate of drug-likeness (QED) is 0.837. The minimum absolute atomic E-state index is 0.0521. The van der Waals surface area contributed by atoms with Crippen LogP contribution in [0.15, 0.2) is 29.1 Å². The van der Waals surface area contributed by atoms with E-state index in [0.717, 1.165) is 56.9 Å². The van der Waals surface area contributed by atoms with E-state index >= 15 is 0 Å². The summed E-state index contributed by atoms with van der Waals surface area (Å²) in [6.07, 6.45) is 4.36. The first-order valence-corrected chi connectivity index (χ1v) is 9.16. The van der Waals surface area contributed by atoms with Gasteiger partial charge in [0.15, 0.2) is 0 Å². The Morgan fingerprint density at radius 3 is 2.64 bits per heavy atom. The molecule has 1 aromatic carbocycles. The van der Waals surface area contributed by atoms with Crippen molar-refractivity contribution in [3.05, 3.63) is 46.1 Å². The lowest BCUT2D eigenvalue weighted by Gasteiger charge is -2.31. The summed E-state index contributed by atoms with van der Waals surface area (Å²) in [5, 5.41) is 4.56. The van der Waals surface area contributed by atoms with Crippen LogP contribution in [0, 0.1) is 0 Å². The molecular weight excluding hydrogens is 316 g/mol. The van der Waals surface area contributed by atoms with Crippen molar-refractivity contribution < 1.29 is 4.74 Å². The van der Waals surface area contributed by atoms with Crippen molar-refractivity contribution >= 4 is 0 Å². The number of hydrogen-bond donors (Lipinski definition) is 0. The molecule has 2 aliphatic rings. The number of aromatic nitrogens is 3. The number of nitrogens with zero attached hydrogens (tertiary/aromatic N) is 4. The molecule has 1 aliphatic carbocycles. The summed E-state index contributed by atoms with van der Waals surface area (Å²) in [6, 6.07) is 8.68. The van der Waals surface area contributed by atoms with Gasteiger partial charge in [-0.15, -0.1) is 0 Å². The lowest BCUT2D eigenvalue weighted by atomic mass is 9.95. The third-order valence-corrected chi connectivity index (χ3v) is 5.39. The standard InChI is InChI=1S/C19H26N4O2/c1-21-19(24)23(16-6-7-16)18(20-21)15-8-10-22(11-9-15)13-14-4-3-5-17(12-14)25-2/h3-5,12,15-16H,6-11,13H2,1-2H3. The lowest BCUT2D eigenvalue weighted by Crippen LogP contribution is -2.33. The van der Waals surface area contributed by atoms with Crippen LogP contribution in [0.5, 0.6) is 5.75 Å². The number of piperidine rings is 1. The van der Waals surface area contributed by atoms with Gasteiger partial charge in [-0.2, -0.15) is 5.10 Å². The van der Waals surface area contributed by atoms with Gasteiger partial charge in [0.2, 0.25) is 0 Å². The molecule has 134 valence electrons. The first kappa shape index (κ1) is 16.4. The van der Waals surface area contributed by atoms with E-state index in [4.69, 9.17) is 4.74 Å². The Kier molecular flexibility index (Phi) is 4.37. The average Bonchev–Trinajstić information content (AvgIpc) is 3.42. The second-order valence-electron chi connectivity index (χ2n) is 7.27. The predicted octanol–water partition coefficient (Wildman–Crippen LogP) is 2.30. The first-order chi connectivity index (χ1) is 12.2. The van der Waals surface area contributed by atoms with Crippen LogP contribution < -0.4 is 10.4 Å². The Balaban J connectivity index is 1.42. The topological polar surface area (TPSA) is 52.3 Å². The molecular formula is C19H26N4O2. The molecule has 1 aliphatic heterocycles. The summed E-state index contributed by atoms with van der Waals surface area (Å²) in [6.45, 7) is 3.02. The molecule has 0 unspecified atom stereocenters. The van der Waals surface area contributed by atoms with Gasteiger partial charge in [0.05, 0.1) is 7.11 Å². The van der Waals surface area contributed by atoms with Gasteiger partial charge in [-0.3, -0.25) is 9.47 Å². The second-order valence-corrected chi connectivity index (χ2v) is 7.27. The third kappa shape index (κ3) is 3.35. The molecule has 0 radical (unpaired) electrons. The molecule has 0 spiro atoms. The molecule has 2 fully saturated rings. The van der Waals surface area contributed by atoms with Gasteiger partial charge in [0, 0.05) is 25.6 Å². The molecule has 1 saturated heterocycles. The number of hydrogen-bond acceptors (Lipinski definition) is 4. The van der Waals surface area contributed by atoms with Gasteiger partial charge in [-0.25, -0.2) is 9.48 Å². The molecule has 6 heteroatoms. The van der Waals surface area contributed by atoms with E-state index in [1.807, 2.05) is 16.7 Å². The fourth-order valence-corrected chi connectivity index (χ4v) is 3.83. The minimum atomic E-state index is 0.0521. The van der Waals surface area contributed by atoms with E-state index in [1.165, 1.54) is 10.2 Å². The fourth-order valence-electron chi connectivity index (χ4n) is 3.83. The van der Waals surface area contributed by atoms with E-state index in [1.54, 1.807) is 14.2 Å². The van der Waals surface area contributed by atoms with Crippen LogP contribution in [0.4, 0.5) is 0 Å². The van der Waals surface area contributed by atoms with Crippen molar-refractivity contribution in [1.29, 1.82) is 0 Å². The third-order valence-electron chi connectivity index (χ3n) is 5.39. The molecule has 4 rings (SSSR count). The smallest absolute Gasteiger partial charge is 0.345 e. The second kappa shape index (κ2) is 6.67. The van der Waals surface area contributed by atoms with Crippen LogP contribution in [-0.4, -0.2) is 39.4 Å². The van der Waals surface area contributed by atoms with Crippen LogP contribution in [0.3, 0.4) is 0 Å². The number of rotatable bonds is 5. The maximum absolute atomic E-state index is 12.3. The largest absolute Gasteiger partial charge is 0.497 e. The molecule has 0 atom stereocenters. The summed E-state index contributed by atoms with van der Waals surface area (Å²) in [5.41, 5.74) is 1.34. The molecule has 1 saturated carbocycles. The van der Waals surface area contributed by atoms with Gasteiger partial charge in [0.25, 0.3) is 0 Å². The zero-order chi connectivity index (χ0) is 17.4. The molecule has 6 nitrogen and oxygen atoms in total. The molecule has 2 heterocycles. The molecule has 0 N–H and O–H groups in total. The van der Waals surface area contributed by atoms with Crippen molar-refractivity contribution in [1.82, 2.24) is 19.2 Å². The van der Waals surface area contributed by atoms with Crippen LogP contribution >= 0.6 is 0 Å². The lowest BCUT2D eigenvalue weighted by molar-refractivity contribution is 0.199. The number of methoxy groups -OCH3 is 1. The summed E-state index contributed by atoms with van der Waals surface area (Å²) >= 11 is 0. The summed E-state index contributed by atoms with van der Waals surface area (Å²) < 4.78 is 8.78. The zero-order valence-corrected chi connectivity index (χ0v) is 15.0. The highest BCUT2D eigenvalue weighted by molar-refractivity contribution is 5.28. The molecule has 1 aromatic heterocycles. The highest BCUT2D eigenvalue weighted by Gasteiger charge is 2.33. The molecule has 0 amide bonds. The van der Waals surface area contributed by atoms with E-state index < -0.39 is 0 Å². The minimum Gasteiger partial charge on any atom is -0.497 e. The maximum Gasteiger partial charge on any atom is 0.345 e. The Hall–Kier alpha value is -2.08. The van der Waals surface area contributed by atoms with E-state index in [9.17, 15) is 4.79 Å². The average molecular weight is 342 g/mol. The summed E-state index contributed by atoms with van der Waals surface area (Å²) in [7, 11) is 3.47. The molecule has 2 aromatic rings. The van der Waals surface area contributed by atoms with Crippen LogP contribution in [-0.2, 0) is 13.6 Å². The summed E-state index contributed by atoms with van der Waals surface area (Å²) in [5.74, 6) is 2.32. The van der Waals surface area contributed by atoms with Crippen molar-refractivity contribution in [3.8, 4) is 5.75 Å². The number of likely N-dealkylation sites (tertiary alicyclic amines) is 1. The Morgan fingerprint density at radius 2 is 1.96 bits per heavy atom. The zero-order valence-electron chi connectivity index (χ0n) is 15.0. The van der Waals surface area contributed by atoms with Gasteiger partial charge in [0.1, 0.15) is 11.6 Å². The molecule has 0 bridgehead atoms. The Bertz CT molecular complexity index is 798. The van der Waals surface area contributed by atoms with Gasteiger partial charge >= 0.3 is 5.69 Å². The van der Waals surface area contributed by atoms with Crippen molar-refractivity contribution in [2.24, 2.45) is 7.05 Å². The Labute approximate surface area is 148 Å². The van der Waals surface area contributed by atoms with Gasteiger partial charge in [-0.1, -0.05) is 12.1 Å². The van der Waals surface area contributed by atoms with Crippen molar-refractivity contribution in [3.63, 3.8) is 0 Å². The van der Waals surface area contributed by atoms with E-state index in [2.05, 4.69) is 22.1 Å². The SMILES string of the molecule is COc1cccc(CN2CCC(c3nn(C)c(=O)n3C3CC3)CC2)c1. The summed E-state index contributed by atoms with van der Waals surface area (Å²) in [4.78, 5) is 14.8. The number of aryl methyl sites for hydroxylation is 1. The van der Waals surface area contributed by atoms with Crippen LogP contribution in [0.1, 0.15) is 49.0 Å². The molecule has 25 heavy (non-hydrogen) atoms. The Morgan fingerprint density at radius 1 is 1.20 bits per heavy atom. The van der Waals surface area contributed by atoms with E-state index in [0.29, 0.717) is 12.0 Å². The van der Waals surface area contributed by atoms with Crippen LogP contribution in [0.25, 0.3) is 0 Å². The van der Waals surface area contributed by atoms with Gasteiger partial charge in [-0.05, 0) is 56.5 Å². The van der Waals surface area contributed by atoms with E-state index in [-0.39, 0.29) is 5.69 Å². The van der Waals surface area contributed by atoms with Gasteiger partial charge < -0.3 is 4.74 Å².